The third-order valence-corrected chi connectivity index (χ3v) is 5.18. The van der Waals surface area contributed by atoms with E-state index in [1.807, 2.05) is 6.92 Å². The summed E-state index contributed by atoms with van der Waals surface area (Å²) < 4.78 is 26.1. The molecule has 1 N–H and O–H groups in total. The van der Waals surface area contributed by atoms with Gasteiger partial charge in [0.15, 0.2) is 0 Å². The standard InChI is InChI=1S/C13H17NO4S/c1-10-6-7-14(9-10)19(17,18)12-4-2-11(3-5-12)8-13(15)16/h2-5,10H,6-9H2,1H3,(H,15,16). The number of hydrogen-bond acceptors (Lipinski definition) is 3. The number of aliphatic carboxylic acids is 1. The lowest BCUT2D eigenvalue weighted by atomic mass is 10.2. The number of nitrogens with zero attached hydrogens (tertiary/aromatic N) is 1. The van der Waals surface area contributed by atoms with E-state index in [1.165, 1.54) is 16.4 Å². The Bertz CT molecular complexity index is 565. The van der Waals surface area contributed by atoms with Crippen LogP contribution < -0.4 is 0 Å². The van der Waals surface area contributed by atoms with Gasteiger partial charge in [-0.2, -0.15) is 4.31 Å². The lowest BCUT2D eigenvalue weighted by molar-refractivity contribution is -0.136. The molecule has 1 aromatic rings. The maximum atomic E-state index is 12.3. The number of rotatable bonds is 4. The molecule has 19 heavy (non-hydrogen) atoms. The number of carboxylic acid groups (broad SMARTS) is 1. The molecule has 1 fully saturated rings. The average molecular weight is 283 g/mol. The fourth-order valence-corrected chi connectivity index (χ4v) is 3.79. The lowest BCUT2D eigenvalue weighted by Gasteiger charge is -2.16. The van der Waals surface area contributed by atoms with Crippen LogP contribution in [0.5, 0.6) is 0 Å². The molecular formula is C13H17NO4S. The van der Waals surface area contributed by atoms with Crippen molar-refractivity contribution < 1.29 is 18.3 Å². The summed E-state index contributed by atoms with van der Waals surface area (Å²) in [6.45, 7) is 3.14. The monoisotopic (exact) mass is 283 g/mol. The van der Waals surface area contributed by atoms with E-state index >= 15 is 0 Å². The molecule has 2 rings (SSSR count). The first-order valence-corrected chi connectivity index (χ1v) is 7.64. The van der Waals surface area contributed by atoms with Crippen LogP contribution in [-0.2, 0) is 21.2 Å². The van der Waals surface area contributed by atoms with Crippen molar-refractivity contribution in [3.8, 4) is 0 Å². The highest BCUT2D eigenvalue weighted by Gasteiger charge is 2.30. The van der Waals surface area contributed by atoms with Gasteiger partial charge in [-0.05, 0) is 30.0 Å². The fraction of sp³-hybridized carbons (Fsp3) is 0.462. The molecular weight excluding hydrogens is 266 g/mol. The van der Waals surface area contributed by atoms with Gasteiger partial charge in [0.2, 0.25) is 10.0 Å². The second kappa shape index (κ2) is 5.30. The predicted octanol–water partition coefficient (Wildman–Crippen LogP) is 1.34. The van der Waals surface area contributed by atoms with Crippen LogP contribution in [0.3, 0.4) is 0 Å². The van der Waals surface area contributed by atoms with Crippen LogP contribution in [0.25, 0.3) is 0 Å². The zero-order valence-corrected chi connectivity index (χ0v) is 11.6. The SMILES string of the molecule is CC1CCN(S(=O)(=O)c2ccc(CC(=O)O)cc2)C1. The Labute approximate surface area is 112 Å². The predicted molar refractivity (Wildman–Crippen MR) is 70.3 cm³/mol. The smallest absolute Gasteiger partial charge is 0.307 e. The van der Waals surface area contributed by atoms with E-state index in [0.29, 0.717) is 24.6 Å². The van der Waals surface area contributed by atoms with Crippen LogP contribution in [-0.4, -0.2) is 36.9 Å². The zero-order valence-electron chi connectivity index (χ0n) is 10.7. The molecule has 1 saturated heterocycles. The first-order valence-electron chi connectivity index (χ1n) is 6.20. The highest BCUT2D eigenvalue weighted by molar-refractivity contribution is 7.89. The van der Waals surface area contributed by atoms with Crippen molar-refractivity contribution in [1.29, 1.82) is 0 Å². The van der Waals surface area contributed by atoms with Gasteiger partial charge < -0.3 is 5.11 Å². The molecule has 0 amide bonds. The van der Waals surface area contributed by atoms with E-state index in [0.717, 1.165) is 6.42 Å². The lowest BCUT2D eigenvalue weighted by Crippen LogP contribution is -2.28. The van der Waals surface area contributed by atoms with Crippen molar-refractivity contribution >= 4 is 16.0 Å². The Balaban J connectivity index is 2.19. The van der Waals surface area contributed by atoms with Crippen molar-refractivity contribution in [2.24, 2.45) is 5.92 Å². The molecule has 0 bridgehead atoms. The number of sulfonamides is 1. The summed E-state index contributed by atoms with van der Waals surface area (Å²) in [4.78, 5) is 10.8. The molecule has 6 heteroatoms. The number of benzene rings is 1. The Morgan fingerprint density at radius 2 is 2.00 bits per heavy atom. The average Bonchev–Trinajstić information content (AvgIpc) is 2.76. The Kier molecular flexibility index (Phi) is 3.91. The summed E-state index contributed by atoms with van der Waals surface area (Å²) >= 11 is 0. The first-order chi connectivity index (χ1) is 8.89. The molecule has 1 heterocycles. The second-order valence-electron chi connectivity index (χ2n) is 4.97. The molecule has 1 aliphatic heterocycles. The maximum Gasteiger partial charge on any atom is 0.307 e. The van der Waals surface area contributed by atoms with Gasteiger partial charge in [-0.25, -0.2) is 8.42 Å². The van der Waals surface area contributed by atoms with Crippen LogP contribution in [0.4, 0.5) is 0 Å². The van der Waals surface area contributed by atoms with Gasteiger partial charge in [0.1, 0.15) is 0 Å². The Hall–Kier alpha value is -1.40. The highest BCUT2D eigenvalue weighted by Crippen LogP contribution is 2.24. The van der Waals surface area contributed by atoms with Crippen molar-refractivity contribution in [1.82, 2.24) is 4.31 Å². The van der Waals surface area contributed by atoms with E-state index in [2.05, 4.69) is 0 Å². The normalized spacial score (nSPS) is 20.6. The molecule has 104 valence electrons. The summed E-state index contributed by atoms with van der Waals surface area (Å²) in [6, 6.07) is 6.08. The van der Waals surface area contributed by atoms with Gasteiger partial charge in [-0.15, -0.1) is 0 Å². The van der Waals surface area contributed by atoms with E-state index in [4.69, 9.17) is 5.11 Å². The minimum absolute atomic E-state index is 0.0962. The van der Waals surface area contributed by atoms with Crippen LogP contribution >= 0.6 is 0 Å². The number of hydrogen-bond donors (Lipinski definition) is 1. The molecule has 1 aliphatic rings. The second-order valence-corrected chi connectivity index (χ2v) is 6.91. The topological polar surface area (TPSA) is 74.7 Å². The largest absolute Gasteiger partial charge is 0.481 e. The number of carbonyl (C=O) groups is 1. The van der Waals surface area contributed by atoms with E-state index in [9.17, 15) is 13.2 Å². The number of carboxylic acids is 1. The summed E-state index contributed by atoms with van der Waals surface area (Å²) in [6.07, 6.45) is 0.789. The minimum Gasteiger partial charge on any atom is -0.481 e. The summed E-state index contributed by atoms with van der Waals surface area (Å²) in [5.74, 6) is -0.537. The molecule has 1 unspecified atom stereocenters. The third kappa shape index (κ3) is 3.13. The van der Waals surface area contributed by atoms with Crippen molar-refractivity contribution in [2.45, 2.75) is 24.7 Å². The maximum absolute atomic E-state index is 12.3. The zero-order chi connectivity index (χ0) is 14.0. The van der Waals surface area contributed by atoms with Crippen molar-refractivity contribution in [3.63, 3.8) is 0 Å². The van der Waals surface area contributed by atoms with E-state index in [1.54, 1.807) is 12.1 Å². The minimum atomic E-state index is -3.43. The molecule has 0 spiro atoms. The highest BCUT2D eigenvalue weighted by atomic mass is 32.2. The van der Waals surface area contributed by atoms with E-state index < -0.39 is 16.0 Å². The van der Waals surface area contributed by atoms with Crippen molar-refractivity contribution in [3.05, 3.63) is 29.8 Å². The van der Waals surface area contributed by atoms with Gasteiger partial charge in [-0.1, -0.05) is 19.1 Å². The van der Waals surface area contributed by atoms with Crippen LogP contribution in [0.1, 0.15) is 18.9 Å². The molecule has 5 nitrogen and oxygen atoms in total. The molecule has 0 aliphatic carbocycles. The van der Waals surface area contributed by atoms with Gasteiger partial charge in [0.25, 0.3) is 0 Å². The van der Waals surface area contributed by atoms with Gasteiger partial charge in [0, 0.05) is 13.1 Å². The van der Waals surface area contributed by atoms with Gasteiger partial charge >= 0.3 is 5.97 Å². The van der Waals surface area contributed by atoms with Crippen LogP contribution in [0.2, 0.25) is 0 Å². The van der Waals surface area contributed by atoms with Gasteiger partial charge in [0.05, 0.1) is 11.3 Å². The van der Waals surface area contributed by atoms with Gasteiger partial charge in [-0.3, -0.25) is 4.79 Å². The molecule has 0 radical (unpaired) electrons. The molecule has 0 saturated carbocycles. The summed E-state index contributed by atoms with van der Waals surface area (Å²) in [5.41, 5.74) is 0.598. The Morgan fingerprint density at radius 3 is 2.47 bits per heavy atom. The fourth-order valence-electron chi connectivity index (χ4n) is 2.22. The molecule has 1 aromatic carbocycles. The summed E-state index contributed by atoms with van der Waals surface area (Å²) in [5, 5.41) is 8.67. The third-order valence-electron chi connectivity index (χ3n) is 3.30. The van der Waals surface area contributed by atoms with Crippen LogP contribution in [0, 0.1) is 5.92 Å². The molecule has 1 atom stereocenters. The quantitative estimate of drug-likeness (QED) is 0.905. The molecule has 0 aromatic heterocycles. The van der Waals surface area contributed by atoms with Crippen LogP contribution in [0.15, 0.2) is 29.2 Å². The Morgan fingerprint density at radius 1 is 1.37 bits per heavy atom. The first kappa shape index (κ1) is 14.0. The summed E-state index contributed by atoms with van der Waals surface area (Å²) in [7, 11) is -3.43. The van der Waals surface area contributed by atoms with Crippen molar-refractivity contribution in [2.75, 3.05) is 13.1 Å². The van der Waals surface area contributed by atoms with E-state index in [-0.39, 0.29) is 11.3 Å².